The summed E-state index contributed by atoms with van der Waals surface area (Å²) in [5.41, 5.74) is 6.06. The van der Waals surface area contributed by atoms with E-state index in [4.69, 9.17) is 5.26 Å². The summed E-state index contributed by atoms with van der Waals surface area (Å²) in [6, 6.07) is 19.8. The topological polar surface area (TPSA) is 111 Å². The van der Waals surface area contributed by atoms with Crippen LogP contribution in [0.15, 0.2) is 76.7 Å². The predicted molar refractivity (Wildman–Crippen MR) is 119 cm³/mol. The van der Waals surface area contributed by atoms with Gasteiger partial charge in [0, 0.05) is 5.56 Å². The van der Waals surface area contributed by atoms with Gasteiger partial charge in [-0.15, -0.1) is 0 Å². The summed E-state index contributed by atoms with van der Waals surface area (Å²) in [5, 5.41) is 12.7. The average Bonchev–Trinajstić information content (AvgIpc) is 2.76. The summed E-state index contributed by atoms with van der Waals surface area (Å²) in [4.78, 5) is 12.3. The Morgan fingerprint density at radius 2 is 1.77 bits per heavy atom. The Bertz CT molecular complexity index is 1290. The van der Waals surface area contributed by atoms with Crippen molar-refractivity contribution in [2.24, 2.45) is 5.10 Å². The lowest BCUT2D eigenvalue weighted by Gasteiger charge is -2.12. The maximum Gasteiger partial charge on any atom is 0.271 e. The molecule has 0 aliphatic heterocycles. The number of nitriles is 1. The Balaban J connectivity index is 1.73. The molecule has 0 fully saturated rings. The van der Waals surface area contributed by atoms with E-state index in [1.807, 2.05) is 32.0 Å². The van der Waals surface area contributed by atoms with Gasteiger partial charge in [-0.25, -0.2) is 13.8 Å². The SMILES string of the molecule is Cc1ccc(NS(=O)(=O)c2cccc(C(=O)NN=Cc3ccc(C#N)cc3)c2)c(C)c1. The number of nitrogens with one attached hydrogen (secondary N) is 2. The molecule has 2 N–H and O–H groups in total. The zero-order valence-corrected chi connectivity index (χ0v) is 17.8. The molecular formula is C23H20N4O3S. The number of carbonyl (C=O) groups is 1. The number of hydrazone groups is 1. The predicted octanol–water partition coefficient (Wildman–Crippen LogP) is 3.74. The number of hydrogen-bond acceptors (Lipinski definition) is 5. The fourth-order valence-corrected chi connectivity index (χ4v) is 3.99. The highest BCUT2D eigenvalue weighted by atomic mass is 32.2. The summed E-state index contributed by atoms with van der Waals surface area (Å²) in [6.45, 7) is 3.75. The van der Waals surface area contributed by atoms with Gasteiger partial charge in [-0.3, -0.25) is 9.52 Å². The van der Waals surface area contributed by atoms with Gasteiger partial charge in [0.2, 0.25) is 0 Å². The lowest BCUT2D eigenvalue weighted by Crippen LogP contribution is -2.19. The first-order valence-electron chi connectivity index (χ1n) is 9.32. The Kier molecular flexibility index (Phi) is 6.48. The number of rotatable bonds is 6. The maximum atomic E-state index is 12.8. The molecule has 0 unspecified atom stereocenters. The minimum absolute atomic E-state index is 0.0313. The van der Waals surface area contributed by atoms with Crippen molar-refractivity contribution in [1.82, 2.24) is 5.43 Å². The van der Waals surface area contributed by atoms with Gasteiger partial charge in [-0.2, -0.15) is 10.4 Å². The van der Waals surface area contributed by atoms with Crippen molar-refractivity contribution >= 4 is 27.8 Å². The van der Waals surface area contributed by atoms with Crippen LogP contribution in [0.5, 0.6) is 0 Å². The molecule has 8 heteroatoms. The molecule has 3 rings (SSSR count). The number of anilines is 1. The van der Waals surface area contributed by atoms with E-state index < -0.39 is 15.9 Å². The Labute approximate surface area is 181 Å². The van der Waals surface area contributed by atoms with E-state index in [1.165, 1.54) is 30.5 Å². The number of benzene rings is 3. The van der Waals surface area contributed by atoms with Gasteiger partial charge in [-0.05, 0) is 61.4 Å². The zero-order chi connectivity index (χ0) is 22.4. The van der Waals surface area contributed by atoms with Crippen LogP contribution >= 0.6 is 0 Å². The minimum Gasteiger partial charge on any atom is -0.279 e. The molecule has 0 aliphatic rings. The lowest BCUT2D eigenvalue weighted by atomic mass is 10.1. The van der Waals surface area contributed by atoms with Crippen LogP contribution in [-0.4, -0.2) is 20.5 Å². The fourth-order valence-electron chi connectivity index (χ4n) is 2.81. The molecule has 0 aliphatic carbocycles. The van der Waals surface area contributed by atoms with Crippen LogP contribution in [0.3, 0.4) is 0 Å². The molecule has 0 atom stereocenters. The van der Waals surface area contributed by atoms with Crippen molar-refractivity contribution in [3.8, 4) is 6.07 Å². The monoisotopic (exact) mass is 432 g/mol. The molecule has 3 aromatic rings. The van der Waals surface area contributed by atoms with Gasteiger partial charge in [-0.1, -0.05) is 35.9 Å². The molecule has 0 bridgehead atoms. The highest BCUT2D eigenvalue weighted by Gasteiger charge is 2.17. The average molecular weight is 433 g/mol. The van der Waals surface area contributed by atoms with Crippen LogP contribution in [0.2, 0.25) is 0 Å². The van der Waals surface area contributed by atoms with E-state index in [2.05, 4.69) is 15.2 Å². The Morgan fingerprint density at radius 3 is 2.45 bits per heavy atom. The molecule has 31 heavy (non-hydrogen) atoms. The highest BCUT2D eigenvalue weighted by Crippen LogP contribution is 2.21. The van der Waals surface area contributed by atoms with Crippen molar-refractivity contribution in [3.05, 3.63) is 94.5 Å². The van der Waals surface area contributed by atoms with Gasteiger partial charge in [0.1, 0.15) is 0 Å². The molecule has 1 amide bonds. The first kappa shape index (κ1) is 21.7. The largest absolute Gasteiger partial charge is 0.279 e. The Hall–Kier alpha value is -3.96. The number of hydrogen-bond donors (Lipinski definition) is 2. The fraction of sp³-hybridized carbons (Fsp3) is 0.0870. The molecule has 0 spiro atoms. The molecule has 156 valence electrons. The van der Waals surface area contributed by atoms with Crippen molar-refractivity contribution < 1.29 is 13.2 Å². The van der Waals surface area contributed by atoms with E-state index in [1.54, 1.807) is 30.3 Å². The highest BCUT2D eigenvalue weighted by molar-refractivity contribution is 7.92. The molecular weight excluding hydrogens is 412 g/mol. The van der Waals surface area contributed by atoms with Crippen molar-refractivity contribution in [3.63, 3.8) is 0 Å². The maximum absolute atomic E-state index is 12.8. The first-order chi connectivity index (χ1) is 14.8. The Morgan fingerprint density at radius 1 is 1.03 bits per heavy atom. The lowest BCUT2D eigenvalue weighted by molar-refractivity contribution is 0.0955. The third-order valence-corrected chi connectivity index (χ3v) is 5.82. The van der Waals surface area contributed by atoms with Crippen LogP contribution in [0.25, 0.3) is 0 Å². The van der Waals surface area contributed by atoms with Crippen LogP contribution < -0.4 is 10.1 Å². The van der Waals surface area contributed by atoms with Crippen LogP contribution in [0.4, 0.5) is 5.69 Å². The first-order valence-corrected chi connectivity index (χ1v) is 10.8. The van der Waals surface area contributed by atoms with E-state index in [0.717, 1.165) is 11.1 Å². The summed E-state index contributed by atoms with van der Waals surface area (Å²) < 4.78 is 28.1. The molecule has 0 saturated heterocycles. The normalized spacial score (nSPS) is 11.1. The molecule has 3 aromatic carbocycles. The van der Waals surface area contributed by atoms with Gasteiger partial charge >= 0.3 is 0 Å². The molecule has 0 heterocycles. The number of aryl methyl sites for hydroxylation is 2. The summed E-state index contributed by atoms with van der Waals surface area (Å²) in [5.74, 6) is -0.548. The summed E-state index contributed by atoms with van der Waals surface area (Å²) in [6.07, 6.45) is 1.43. The quantitative estimate of drug-likeness (QED) is 0.456. The number of nitrogens with zero attached hydrogens (tertiary/aromatic N) is 2. The van der Waals surface area contributed by atoms with E-state index in [9.17, 15) is 13.2 Å². The van der Waals surface area contributed by atoms with Crippen molar-refractivity contribution in [2.45, 2.75) is 18.7 Å². The summed E-state index contributed by atoms with van der Waals surface area (Å²) >= 11 is 0. The van der Waals surface area contributed by atoms with Crippen molar-refractivity contribution in [1.29, 1.82) is 5.26 Å². The molecule has 7 nitrogen and oxygen atoms in total. The second-order valence-corrected chi connectivity index (χ2v) is 8.57. The van der Waals surface area contributed by atoms with E-state index in [0.29, 0.717) is 16.8 Å². The second-order valence-electron chi connectivity index (χ2n) is 6.88. The van der Waals surface area contributed by atoms with Gasteiger partial charge in [0.05, 0.1) is 28.4 Å². The van der Waals surface area contributed by atoms with Gasteiger partial charge in [0.15, 0.2) is 0 Å². The van der Waals surface area contributed by atoms with Crippen LogP contribution in [0.1, 0.15) is 32.6 Å². The molecule has 0 aromatic heterocycles. The second kappa shape index (κ2) is 9.24. The number of amides is 1. The van der Waals surface area contributed by atoms with E-state index in [-0.39, 0.29) is 10.5 Å². The number of sulfonamides is 1. The smallest absolute Gasteiger partial charge is 0.271 e. The molecule has 0 radical (unpaired) electrons. The zero-order valence-electron chi connectivity index (χ0n) is 17.0. The standard InChI is InChI=1S/C23H20N4O3S/c1-16-6-11-22(17(2)12-16)27-31(29,30)21-5-3-4-20(13-21)23(28)26-25-15-19-9-7-18(14-24)8-10-19/h3-13,15,27H,1-2H3,(H,26,28). The van der Waals surface area contributed by atoms with Gasteiger partial charge in [0.25, 0.3) is 15.9 Å². The third kappa shape index (κ3) is 5.56. The minimum atomic E-state index is -3.87. The van der Waals surface area contributed by atoms with Gasteiger partial charge < -0.3 is 0 Å². The summed E-state index contributed by atoms with van der Waals surface area (Å²) in [7, 11) is -3.87. The number of carbonyl (C=O) groups excluding carboxylic acids is 1. The molecule has 0 saturated carbocycles. The van der Waals surface area contributed by atoms with Crippen LogP contribution in [0, 0.1) is 25.2 Å². The third-order valence-electron chi connectivity index (χ3n) is 4.45. The van der Waals surface area contributed by atoms with E-state index >= 15 is 0 Å². The van der Waals surface area contributed by atoms with Crippen molar-refractivity contribution in [2.75, 3.05) is 4.72 Å². The van der Waals surface area contributed by atoms with Crippen LogP contribution in [-0.2, 0) is 10.0 Å².